The number of halogens is 3. The van der Waals surface area contributed by atoms with Crippen molar-refractivity contribution in [2.24, 2.45) is 0 Å². The molecule has 1 aromatic carbocycles. The van der Waals surface area contributed by atoms with E-state index in [9.17, 15) is 18.0 Å². The maximum atomic E-state index is 13.1. The molecule has 1 saturated carbocycles. The molecule has 1 atom stereocenters. The summed E-state index contributed by atoms with van der Waals surface area (Å²) >= 11 is 0. The zero-order valence-corrected chi connectivity index (χ0v) is 13.6. The number of nitrogens with one attached hydrogen (secondary N) is 2. The fraction of sp³-hybridized carbons (Fsp3) is 0.611. The van der Waals surface area contributed by atoms with Gasteiger partial charge < -0.3 is 10.6 Å². The third-order valence-corrected chi connectivity index (χ3v) is 5.28. The van der Waals surface area contributed by atoms with E-state index in [1.54, 1.807) is 6.07 Å². The topological polar surface area (TPSA) is 41.1 Å². The minimum Gasteiger partial charge on any atom is -0.351 e. The van der Waals surface area contributed by atoms with Gasteiger partial charge in [-0.15, -0.1) is 0 Å². The lowest BCUT2D eigenvalue weighted by atomic mass is 9.68. The summed E-state index contributed by atoms with van der Waals surface area (Å²) < 4.78 is 39.2. The first-order chi connectivity index (χ1) is 11.4. The van der Waals surface area contributed by atoms with Crippen molar-refractivity contribution in [3.05, 3.63) is 35.4 Å². The van der Waals surface area contributed by atoms with E-state index in [2.05, 4.69) is 10.6 Å². The minimum absolute atomic E-state index is 0.0714. The van der Waals surface area contributed by atoms with Crippen LogP contribution < -0.4 is 10.6 Å². The molecule has 1 aromatic rings. The Balaban J connectivity index is 1.92. The number of hydrogen-bond donors (Lipinski definition) is 2. The second-order valence-electron chi connectivity index (χ2n) is 6.88. The Kier molecular flexibility index (Phi) is 4.85. The smallest absolute Gasteiger partial charge is 0.351 e. The molecule has 1 aliphatic heterocycles. The minimum atomic E-state index is -4.39. The van der Waals surface area contributed by atoms with Crippen molar-refractivity contribution in [2.45, 2.75) is 56.2 Å². The van der Waals surface area contributed by atoms with Crippen molar-refractivity contribution in [1.82, 2.24) is 10.6 Å². The molecule has 24 heavy (non-hydrogen) atoms. The van der Waals surface area contributed by atoms with Gasteiger partial charge in [0.2, 0.25) is 5.91 Å². The van der Waals surface area contributed by atoms with Crippen LogP contribution in [0.25, 0.3) is 0 Å². The van der Waals surface area contributed by atoms with Crippen LogP contribution in [-0.4, -0.2) is 25.0 Å². The fourth-order valence-electron chi connectivity index (χ4n) is 3.90. The molecule has 132 valence electrons. The highest BCUT2D eigenvalue weighted by Gasteiger charge is 2.43. The van der Waals surface area contributed by atoms with Crippen molar-refractivity contribution in [1.29, 1.82) is 0 Å². The summed E-state index contributed by atoms with van der Waals surface area (Å²) in [7, 11) is 0. The zero-order chi connectivity index (χ0) is 17.2. The normalized spacial score (nSPS) is 23.9. The lowest BCUT2D eigenvalue weighted by Crippen LogP contribution is -2.49. The van der Waals surface area contributed by atoms with Gasteiger partial charge >= 0.3 is 6.18 Å². The molecular weight excluding hydrogens is 317 g/mol. The Morgan fingerprint density at radius 2 is 1.96 bits per heavy atom. The highest BCUT2D eigenvalue weighted by atomic mass is 19.4. The summed E-state index contributed by atoms with van der Waals surface area (Å²) in [5.41, 5.74) is -1.01. The summed E-state index contributed by atoms with van der Waals surface area (Å²) in [5.74, 6) is -0.116. The summed E-state index contributed by atoms with van der Waals surface area (Å²) in [6.07, 6.45) is 0.459. The summed E-state index contributed by atoms with van der Waals surface area (Å²) in [6, 6.07) is 5.39. The molecule has 2 N–H and O–H groups in total. The molecule has 1 unspecified atom stereocenters. The third kappa shape index (κ3) is 3.43. The second-order valence-corrected chi connectivity index (χ2v) is 6.88. The fourth-order valence-corrected chi connectivity index (χ4v) is 3.90. The first-order valence-electron chi connectivity index (χ1n) is 8.61. The molecule has 0 radical (unpaired) electrons. The number of alkyl halides is 3. The van der Waals surface area contributed by atoms with Crippen molar-refractivity contribution >= 4 is 5.91 Å². The van der Waals surface area contributed by atoms with E-state index < -0.39 is 17.2 Å². The predicted octanol–water partition coefficient (Wildman–Crippen LogP) is 3.39. The van der Waals surface area contributed by atoms with Crippen LogP contribution in [0, 0.1) is 0 Å². The van der Waals surface area contributed by atoms with Gasteiger partial charge in [0.25, 0.3) is 0 Å². The quantitative estimate of drug-likeness (QED) is 0.886. The van der Waals surface area contributed by atoms with Gasteiger partial charge in [-0.3, -0.25) is 4.79 Å². The average molecular weight is 340 g/mol. The maximum Gasteiger partial charge on any atom is 0.416 e. The molecule has 6 heteroatoms. The summed E-state index contributed by atoms with van der Waals surface area (Å²) in [6.45, 7) is 1.59. The number of amides is 1. The first kappa shape index (κ1) is 17.3. The molecule has 1 heterocycles. The van der Waals surface area contributed by atoms with Crippen molar-refractivity contribution in [3.8, 4) is 0 Å². The second kappa shape index (κ2) is 6.75. The number of carbonyl (C=O) groups excluding carboxylic acids is 1. The Morgan fingerprint density at radius 3 is 2.58 bits per heavy atom. The van der Waals surface area contributed by atoms with Gasteiger partial charge in [0.15, 0.2) is 0 Å². The lowest BCUT2D eigenvalue weighted by Gasteiger charge is -2.37. The standard InChI is InChI=1S/C18H23F3N2O/c19-18(20,21)14-6-4-5-13(11-14)17(8-2-1-3-9-17)16(24)23-15-7-10-22-12-15/h4-6,11,15,22H,1-3,7-10,12H2,(H,23,24). The van der Waals surface area contributed by atoms with Crippen molar-refractivity contribution in [2.75, 3.05) is 13.1 Å². The summed E-state index contributed by atoms with van der Waals surface area (Å²) in [4.78, 5) is 13.0. The third-order valence-electron chi connectivity index (χ3n) is 5.28. The van der Waals surface area contributed by atoms with E-state index in [0.717, 1.165) is 50.9 Å². The Bertz CT molecular complexity index is 588. The van der Waals surface area contributed by atoms with Crippen LogP contribution in [0.4, 0.5) is 13.2 Å². The van der Waals surface area contributed by atoms with E-state index in [0.29, 0.717) is 18.4 Å². The molecule has 3 nitrogen and oxygen atoms in total. The highest BCUT2D eigenvalue weighted by Crippen LogP contribution is 2.41. The van der Waals surface area contributed by atoms with Crippen LogP contribution in [0.5, 0.6) is 0 Å². The van der Waals surface area contributed by atoms with Crippen LogP contribution in [0.1, 0.15) is 49.7 Å². The number of benzene rings is 1. The molecule has 2 aliphatic rings. The van der Waals surface area contributed by atoms with Crippen LogP contribution in [0.3, 0.4) is 0 Å². The number of rotatable bonds is 3. The van der Waals surface area contributed by atoms with Crippen LogP contribution in [0.2, 0.25) is 0 Å². The maximum absolute atomic E-state index is 13.1. The van der Waals surface area contributed by atoms with E-state index in [-0.39, 0.29) is 11.9 Å². The van der Waals surface area contributed by atoms with Gasteiger partial charge in [-0.2, -0.15) is 13.2 Å². The summed E-state index contributed by atoms with van der Waals surface area (Å²) in [5, 5.41) is 6.26. The van der Waals surface area contributed by atoms with Crippen LogP contribution >= 0.6 is 0 Å². The van der Waals surface area contributed by atoms with Crippen LogP contribution in [-0.2, 0) is 16.4 Å². The van der Waals surface area contributed by atoms with Crippen molar-refractivity contribution < 1.29 is 18.0 Å². The molecule has 0 aromatic heterocycles. The lowest BCUT2D eigenvalue weighted by molar-refractivity contribution is -0.138. The van der Waals surface area contributed by atoms with E-state index in [1.807, 2.05) is 0 Å². The van der Waals surface area contributed by atoms with Crippen LogP contribution in [0.15, 0.2) is 24.3 Å². The molecule has 1 amide bonds. The van der Waals surface area contributed by atoms with Gasteiger partial charge in [0.1, 0.15) is 0 Å². The predicted molar refractivity (Wildman–Crippen MR) is 85.6 cm³/mol. The Morgan fingerprint density at radius 1 is 1.21 bits per heavy atom. The largest absolute Gasteiger partial charge is 0.416 e. The van der Waals surface area contributed by atoms with Gasteiger partial charge in [-0.1, -0.05) is 37.5 Å². The molecule has 3 rings (SSSR count). The van der Waals surface area contributed by atoms with E-state index in [1.165, 1.54) is 6.07 Å². The molecule has 1 saturated heterocycles. The Hall–Kier alpha value is -1.56. The monoisotopic (exact) mass is 340 g/mol. The number of hydrogen-bond acceptors (Lipinski definition) is 2. The zero-order valence-electron chi connectivity index (χ0n) is 13.6. The molecule has 1 aliphatic carbocycles. The SMILES string of the molecule is O=C(NC1CCNC1)C1(c2cccc(C(F)(F)F)c2)CCCCC1. The molecule has 0 spiro atoms. The van der Waals surface area contributed by atoms with Gasteiger partial charge in [0.05, 0.1) is 11.0 Å². The molecule has 2 fully saturated rings. The van der Waals surface area contributed by atoms with Crippen molar-refractivity contribution in [3.63, 3.8) is 0 Å². The molecule has 0 bridgehead atoms. The van der Waals surface area contributed by atoms with Gasteiger partial charge in [-0.25, -0.2) is 0 Å². The van der Waals surface area contributed by atoms with E-state index >= 15 is 0 Å². The van der Waals surface area contributed by atoms with Gasteiger partial charge in [0, 0.05) is 12.6 Å². The highest BCUT2D eigenvalue weighted by molar-refractivity contribution is 5.88. The molecular formula is C18H23F3N2O. The number of carbonyl (C=O) groups is 1. The Labute approximate surface area is 140 Å². The van der Waals surface area contributed by atoms with E-state index in [4.69, 9.17) is 0 Å². The average Bonchev–Trinajstić information content (AvgIpc) is 3.08. The van der Waals surface area contributed by atoms with Gasteiger partial charge in [-0.05, 0) is 37.4 Å². The first-order valence-corrected chi connectivity index (χ1v) is 8.61.